The lowest BCUT2D eigenvalue weighted by Crippen LogP contribution is -2.26. The molecule has 2 N–H and O–H groups in total. The molecule has 1 fully saturated rings. The van der Waals surface area contributed by atoms with Crippen molar-refractivity contribution < 1.29 is 0 Å². The average Bonchev–Trinajstić information content (AvgIpc) is 2.49. The molecule has 0 radical (unpaired) electrons. The lowest BCUT2D eigenvalue weighted by molar-refractivity contribution is 0.362. The maximum absolute atomic E-state index is 6.02. The molecule has 2 rings (SSSR count). The third-order valence-electron chi connectivity index (χ3n) is 4.66. The van der Waals surface area contributed by atoms with Crippen molar-refractivity contribution in [2.45, 2.75) is 57.9 Å². The number of benzene rings is 1. The van der Waals surface area contributed by atoms with Crippen LogP contribution in [0.4, 0.5) is 5.69 Å². The summed E-state index contributed by atoms with van der Waals surface area (Å²) in [6.07, 6.45) is 9.14. The van der Waals surface area contributed by atoms with Gasteiger partial charge in [0.25, 0.3) is 0 Å². The standard InChI is InChI=1S/C18H30N2/c1-3-17(19)13-15-9-11-18(12-10-15)20(2)14-16-7-5-4-6-8-16/h9-12,16-17H,3-8,13-14,19H2,1-2H3. The Bertz CT molecular complexity index is 379. The van der Waals surface area contributed by atoms with Gasteiger partial charge < -0.3 is 10.6 Å². The van der Waals surface area contributed by atoms with E-state index < -0.39 is 0 Å². The SMILES string of the molecule is CCC(N)Cc1ccc(N(C)CC2CCCCC2)cc1. The van der Waals surface area contributed by atoms with Gasteiger partial charge in [-0.3, -0.25) is 0 Å². The number of nitrogens with two attached hydrogens (primary N) is 1. The van der Waals surface area contributed by atoms with E-state index in [-0.39, 0.29) is 0 Å². The van der Waals surface area contributed by atoms with E-state index in [1.54, 1.807) is 0 Å². The monoisotopic (exact) mass is 274 g/mol. The van der Waals surface area contributed by atoms with Gasteiger partial charge in [0.1, 0.15) is 0 Å². The summed E-state index contributed by atoms with van der Waals surface area (Å²) in [6, 6.07) is 9.27. The smallest absolute Gasteiger partial charge is 0.0363 e. The molecule has 1 aliphatic carbocycles. The van der Waals surface area contributed by atoms with Crippen LogP contribution in [0.3, 0.4) is 0 Å². The normalized spacial score (nSPS) is 17.9. The number of nitrogens with zero attached hydrogens (tertiary/aromatic N) is 1. The Morgan fingerprint density at radius 3 is 2.40 bits per heavy atom. The highest BCUT2D eigenvalue weighted by molar-refractivity contribution is 5.47. The van der Waals surface area contributed by atoms with Gasteiger partial charge in [0.2, 0.25) is 0 Å². The molecular formula is C18H30N2. The summed E-state index contributed by atoms with van der Waals surface area (Å²) in [5.41, 5.74) is 8.71. The van der Waals surface area contributed by atoms with Crippen LogP contribution in [0.1, 0.15) is 51.0 Å². The van der Waals surface area contributed by atoms with Crippen molar-refractivity contribution in [2.24, 2.45) is 11.7 Å². The summed E-state index contributed by atoms with van der Waals surface area (Å²) in [7, 11) is 2.22. The molecule has 20 heavy (non-hydrogen) atoms. The zero-order chi connectivity index (χ0) is 14.4. The van der Waals surface area contributed by atoms with Crippen molar-refractivity contribution in [3.8, 4) is 0 Å². The second-order valence-corrected chi connectivity index (χ2v) is 6.42. The summed E-state index contributed by atoms with van der Waals surface area (Å²) >= 11 is 0. The van der Waals surface area contributed by atoms with Crippen LogP contribution in [0.15, 0.2) is 24.3 Å². The van der Waals surface area contributed by atoms with E-state index in [2.05, 4.69) is 43.1 Å². The maximum Gasteiger partial charge on any atom is 0.0363 e. The van der Waals surface area contributed by atoms with Gasteiger partial charge >= 0.3 is 0 Å². The topological polar surface area (TPSA) is 29.3 Å². The maximum atomic E-state index is 6.02. The molecule has 0 bridgehead atoms. The van der Waals surface area contributed by atoms with E-state index in [0.29, 0.717) is 6.04 Å². The fraction of sp³-hybridized carbons (Fsp3) is 0.667. The first-order valence-corrected chi connectivity index (χ1v) is 8.24. The van der Waals surface area contributed by atoms with Crippen molar-refractivity contribution in [3.05, 3.63) is 29.8 Å². The third-order valence-corrected chi connectivity index (χ3v) is 4.66. The van der Waals surface area contributed by atoms with E-state index >= 15 is 0 Å². The van der Waals surface area contributed by atoms with Crippen LogP contribution < -0.4 is 10.6 Å². The molecule has 1 saturated carbocycles. The summed E-state index contributed by atoms with van der Waals surface area (Å²) < 4.78 is 0. The van der Waals surface area contributed by atoms with E-state index in [1.807, 2.05) is 0 Å². The first kappa shape index (κ1) is 15.4. The largest absolute Gasteiger partial charge is 0.374 e. The lowest BCUT2D eigenvalue weighted by Gasteiger charge is -2.28. The highest BCUT2D eigenvalue weighted by atomic mass is 15.1. The summed E-state index contributed by atoms with van der Waals surface area (Å²) in [5.74, 6) is 0.891. The lowest BCUT2D eigenvalue weighted by atomic mass is 9.89. The molecule has 0 aliphatic heterocycles. The van der Waals surface area contributed by atoms with Crippen LogP contribution in [-0.4, -0.2) is 19.6 Å². The predicted molar refractivity (Wildman–Crippen MR) is 88.3 cm³/mol. The van der Waals surface area contributed by atoms with Gasteiger partial charge in [0.15, 0.2) is 0 Å². The highest BCUT2D eigenvalue weighted by Crippen LogP contribution is 2.26. The fourth-order valence-corrected chi connectivity index (χ4v) is 3.20. The summed E-state index contributed by atoms with van der Waals surface area (Å²) in [6.45, 7) is 3.35. The second kappa shape index (κ2) is 7.68. The summed E-state index contributed by atoms with van der Waals surface area (Å²) in [5, 5.41) is 0. The van der Waals surface area contributed by atoms with Gasteiger partial charge in [-0.05, 0) is 49.3 Å². The van der Waals surface area contributed by atoms with E-state index in [9.17, 15) is 0 Å². The Kier molecular flexibility index (Phi) is 5.90. The fourth-order valence-electron chi connectivity index (χ4n) is 3.20. The second-order valence-electron chi connectivity index (χ2n) is 6.42. The molecule has 1 unspecified atom stereocenters. The first-order chi connectivity index (χ1) is 9.69. The van der Waals surface area contributed by atoms with Crippen LogP contribution in [-0.2, 0) is 6.42 Å². The molecular weight excluding hydrogens is 244 g/mol. The Hall–Kier alpha value is -1.02. The Morgan fingerprint density at radius 2 is 1.80 bits per heavy atom. The Balaban J connectivity index is 1.87. The van der Waals surface area contributed by atoms with Gasteiger partial charge in [-0.1, -0.05) is 38.3 Å². The van der Waals surface area contributed by atoms with E-state index in [4.69, 9.17) is 5.73 Å². The molecule has 1 atom stereocenters. The first-order valence-electron chi connectivity index (χ1n) is 8.24. The van der Waals surface area contributed by atoms with Crippen LogP contribution >= 0.6 is 0 Å². The molecule has 0 amide bonds. The van der Waals surface area contributed by atoms with Crippen LogP contribution in [0.25, 0.3) is 0 Å². The van der Waals surface area contributed by atoms with Crippen molar-refractivity contribution in [1.29, 1.82) is 0 Å². The molecule has 0 aromatic heterocycles. The molecule has 1 aliphatic rings. The van der Waals surface area contributed by atoms with Gasteiger partial charge in [0, 0.05) is 25.3 Å². The Labute approximate surface area is 124 Å². The number of anilines is 1. The highest BCUT2D eigenvalue weighted by Gasteiger charge is 2.15. The van der Waals surface area contributed by atoms with Gasteiger partial charge in [-0.15, -0.1) is 0 Å². The van der Waals surface area contributed by atoms with Crippen LogP contribution in [0.5, 0.6) is 0 Å². The van der Waals surface area contributed by atoms with Crippen LogP contribution in [0.2, 0.25) is 0 Å². The van der Waals surface area contributed by atoms with Gasteiger partial charge in [0.05, 0.1) is 0 Å². The number of rotatable bonds is 6. The molecule has 2 nitrogen and oxygen atoms in total. The minimum absolute atomic E-state index is 0.292. The van der Waals surface area contributed by atoms with E-state index in [1.165, 1.54) is 49.9 Å². The molecule has 0 heterocycles. The minimum Gasteiger partial charge on any atom is -0.374 e. The predicted octanol–water partition coefficient (Wildman–Crippen LogP) is 3.98. The van der Waals surface area contributed by atoms with Crippen molar-refractivity contribution in [3.63, 3.8) is 0 Å². The summed E-state index contributed by atoms with van der Waals surface area (Å²) in [4.78, 5) is 2.42. The minimum atomic E-state index is 0.292. The molecule has 0 saturated heterocycles. The van der Waals surface area contributed by atoms with Crippen molar-refractivity contribution in [2.75, 3.05) is 18.5 Å². The molecule has 0 spiro atoms. The van der Waals surface area contributed by atoms with E-state index in [0.717, 1.165) is 18.8 Å². The zero-order valence-corrected chi connectivity index (χ0v) is 13.1. The Morgan fingerprint density at radius 1 is 1.15 bits per heavy atom. The molecule has 1 aromatic carbocycles. The molecule has 112 valence electrons. The number of hydrogen-bond donors (Lipinski definition) is 1. The third kappa shape index (κ3) is 4.52. The van der Waals surface area contributed by atoms with Crippen LogP contribution in [0, 0.1) is 5.92 Å². The zero-order valence-electron chi connectivity index (χ0n) is 13.1. The van der Waals surface area contributed by atoms with Gasteiger partial charge in [-0.2, -0.15) is 0 Å². The average molecular weight is 274 g/mol. The number of hydrogen-bond acceptors (Lipinski definition) is 2. The van der Waals surface area contributed by atoms with Crippen molar-refractivity contribution >= 4 is 5.69 Å². The van der Waals surface area contributed by atoms with Crippen molar-refractivity contribution in [1.82, 2.24) is 0 Å². The molecule has 2 heteroatoms. The van der Waals surface area contributed by atoms with Gasteiger partial charge in [-0.25, -0.2) is 0 Å². The quantitative estimate of drug-likeness (QED) is 0.850. The molecule has 1 aromatic rings.